The van der Waals surface area contributed by atoms with Gasteiger partial charge in [-0.05, 0) is 13.0 Å². The smallest absolute Gasteiger partial charge is 0.164 e. The number of hydrogen-bond acceptors (Lipinski definition) is 7. The molecule has 0 amide bonds. The number of aromatic nitrogens is 5. The van der Waals surface area contributed by atoms with E-state index >= 15 is 0 Å². The first-order chi connectivity index (χ1) is 12.1. The van der Waals surface area contributed by atoms with Gasteiger partial charge in [0.15, 0.2) is 6.23 Å². The lowest BCUT2D eigenvalue weighted by molar-refractivity contribution is -0.104. The molecule has 5 rings (SSSR count). The first-order valence-corrected chi connectivity index (χ1v) is 8.08. The van der Waals surface area contributed by atoms with Crippen LogP contribution in [0.4, 0.5) is 0 Å². The Labute approximate surface area is 142 Å². The molecule has 1 unspecified atom stereocenters. The fourth-order valence-corrected chi connectivity index (χ4v) is 3.69. The Kier molecular flexibility index (Phi) is 3.19. The number of aliphatic hydroxyl groups excluding tert-OH is 2. The summed E-state index contributed by atoms with van der Waals surface area (Å²) in [6.45, 7) is 2.27. The molecule has 5 atom stereocenters. The molecule has 3 aromatic rings. The van der Waals surface area contributed by atoms with Crippen molar-refractivity contribution in [2.24, 2.45) is 0 Å². The zero-order chi connectivity index (χ0) is 17.1. The highest BCUT2D eigenvalue weighted by atomic mass is 16.6. The molecular formula is C16H17N5O4. The summed E-state index contributed by atoms with van der Waals surface area (Å²) in [5.74, 6) is 0. The molecule has 2 aliphatic heterocycles. The molecule has 3 N–H and O–H groups in total. The Hall–Kier alpha value is -2.33. The highest BCUT2D eigenvalue weighted by Crippen LogP contribution is 2.42. The van der Waals surface area contributed by atoms with E-state index in [1.54, 1.807) is 17.0 Å². The molecule has 9 heteroatoms. The van der Waals surface area contributed by atoms with Crippen molar-refractivity contribution in [2.45, 2.75) is 44.2 Å². The third-order valence-electron chi connectivity index (χ3n) is 5.02. The second-order valence-corrected chi connectivity index (χ2v) is 6.43. The minimum Gasteiger partial charge on any atom is -0.387 e. The summed E-state index contributed by atoms with van der Waals surface area (Å²) in [5, 5.41) is 28.9. The highest BCUT2D eigenvalue weighted by Gasteiger charge is 2.50. The molecule has 0 aliphatic carbocycles. The second kappa shape index (κ2) is 5.33. The van der Waals surface area contributed by atoms with Gasteiger partial charge in [0.25, 0.3) is 0 Å². The predicted molar refractivity (Wildman–Crippen MR) is 84.3 cm³/mol. The van der Waals surface area contributed by atoms with Crippen LogP contribution >= 0.6 is 0 Å². The summed E-state index contributed by atoms with van der Waals surface area (Å²) in [6, 6.07) is 1.88. The Morgan fingerprint density at radius 3 is 3.04 bits per heavy atom. The molecule has 0 spiro atoms. The average molecular weight is 343 g/mol. The summed E-state index contributed by atoms with van der Waals surface area (Å²) in [4.78, 5) is 8.46. The van der Waals surface area contributed by atoms with Crippen LogP contribution in [0.5, 0.6) is 0 Å². The molecule has 9 nitrogen and oxygen atoms in total. The largest absolute Gasteiger partial charge is 0.387 e. The predicted octanol–water partition coefficient (Wildman–Crippen LogP) is 0.354. The summed E-state index contributed by atoms with van der Waals surface area (Å²) >= 11 is 0. The van der Waals surface area contributed by atoms with Crippen molar-refractivity contribution in [3.8, 4) is 0 Å². The van der Waals surface area contributed by atoms with Gasteiger partial charge in [-0.1, -0.05) is 0 Å². The molecule has 0 aromatic carbocycles. The van der Waals surface area contributed by atoms with E-state index in [1.165, 1.54) is 6.33 Å². The standard InChI is InChI=1S/C16H17N5O4/c1-7-8-2-3-21(15(8)18-6-17-7)16-12(23)11(22)14(25-16)13-9-4-19-20-10(9)5-24-13/h2-4,6,11-14,16,22-23H,5H2,1H3,(H,19,20)/t11-,12+,13?,14-,16+/m0/s1. The summed E-state index contributed by atoms with van der Waals surface area (Å²) in [7, 11) is 0. The number of nitrogens with zero attached hydrogens (tertiary/aromatic N) is 4. The normalized spacial score (nSPS) is 31.7. The van der Waals surface area contributed by atoms with Gasteiger partial charge in [0, 0.05) is 17.1 Å². The van der Waals surface area contributed by atoms with Gasteiger partial charge in [0.05, 0.1) is 24.2 Å². The van der Waals surface area contributed by atoms with Crippen molar-refractivity contribution in [3.63, 3.8) is 0 Å². The van der Waals surface area contributed by atoms with E-state index < -0.39 is 30.6 Å². The Bertz CT molecular complexity index is 938. The lowest BCUT2D eigenvalue weighted by Gasteiger charge is -2.21. The van der Waals surface area contributed by atoms with Gasteiger partial charge in [-0.2, -0.15) is 5.10 Å². The molecule has 3 aromatic heterocycles. The Balaban J connectivity index is 1.50. The van der Waals surface area contributed by atoms with E-state index in [0.717, 1.165) is 22.3 Å². The maximum absolute atomic E-state index is 10.6. The van der Waals surface area contributed by atoms with Crippen LogP contribution < -0.4 is 0 Å². The lowest BCUT2D eigenvalue weighted by Crippen LogP contribution is -2.34. The molecule has 1 saturated heterocycles. The van der Waals surface area contributed by atoms with Crippen LogP contribution in [0.25, 0.3) is 11.0 Å². The number of ether oxygens (including phenoxy) is 2. The van der Waals surface area contributed by atoms with Crippen molar-refractivity contribution < 1.29 is 19.7 Å². The van der Waals surface area contributed by atoms with Crippen LogP contribution in [0.1, 0.15) is 29.3 Å². The van der Waals surface area contributed by atoms with E-state index in [0.29, 0.717) is 12.3 Å². The molecule has 5 heterocycles. The van der Waals surface area contributed by atoms with Crippen molar-refractivity contribution in [1.29, 1.82) is 0 Å². The minimum atomic E-state index is -1.10. The van der Waals surface area contributed by atoms with Crippen LogP contribution in [0, 0.1) is 6.92 Å². The van der Waals surface area contributed by atoms with E-state index in [1.807, 2.05) is 13.0 Å². The van der Waals surface area contributed by atoms with E-state index in [4.69, 9.17) is 9.47 Å². The van der Waals surface area contributed by atoms with Gasteiger partial charge >= 0.3 is 0 Å². The topological polar surface area (TPSA) is 118 Å². The zero-order valence-electron chi connectivity index (χ0n) is 13.4. The maximum Gasteiger partial charge on any atom is 0.164 e. The first-order valence-electron chi connectivity index (χ1n) is 8.08. The summed E-state index contributed by atoms with van der Waals surface area (Å²) in [5.41, 5.74) is 3.22. The molecule has 130 valence electrons. The van der Waals surface area contributed by atoms with Crippen molar-refractivity contribution in [2.75, 3.05) is 0 Å². The van der Waals surface area contributed by atoms with Gasteiger partial charge in [-0.3, -0.25) is 5.10 Å². The van der Waals surface area contributed by atoms with Gasteiger partial charge in [0.1, 0.15) is 36.4 Å². The fraction of sp³-hybridized carbons (Fsp3) is 0.438. The number of aromatic amines is 1. The third-order valence-corrected chi connectivity index (χ3v) is 5.02. The van der Waals surface area contributed by atoms with E-state index in [2.05, 4.69) is 20.2 Å². The van der Waals surface area contributed by atoms with Gasteiger partial charge in [0.2, 0.25) is 0 Å². The number of aryl methyl sites for hydroxylation is 1. The number of fused-ring (bicyclic) bond motifs is 2. The minimum absolute atomic E-state index is 0.381. The number of H-pyrrole nitrogens is 1. The number of aliphatic hydroxyl groups is 2. The van der Waals surface area contributed by atoms with Gasteiger partial charge in [-0.25, -0.2) is 9.97 Å². The summed E-state index contributed by atoms with van der Waals surface area (Å²) in [6.07, 6.45) is 0.818. The van der Waals surface area contributed by atoms with Crippen LogP contribution in [-0.2, 0) is 16.1 Å². The molecule has 25 heavy (non-hydrogen) atoms. The Morgan fingerprint density at radius 2 is 2.16 bits per heavy atom. The quantitative estimate of drug-likeness (QED) is 0.614. The van der Waals surface area contributed by atoms with E-state index in [-0.39, 0.29) is 0 Å². The van der Waals surface area contributed by atoms with E-state index in [9.17, 15) is 10.2 Å². The monoisotopic (exact) mass is 343 g/mol. The SMILES string of the molecule is Cc1ncnc2c1ccn2[C@@H]1O[C@H](C2OCc3[nH]ncc32)[C@@H](O)[C@H]1O. The van der Waals surface area contributed by atoms with Gasteiger partial charge in [-0.15, -0.1) is 0 Å². The van der Waals surface area contributed by atoms with Crippen LogP contribution in [-0.4, -0.2) is 53.3 Å². The molecule has 2 aliphatic rings. The number of rotatable bonds is 2. The number of nitrogens with one attached hydrogen (secondary N) is 1. The van der Waals surface area contributed by atoms with Crippen LogP contribution in [0.2, 0.25) is 0 Å². The lowest BCUT2D eigenvalue weighted by atomic mass is 10.0. The highest BCUT2D eigenvalue weighted by molar-refractivity contribution is 5.78. The number of hydrogen-bond donors (Lipinski definition) is 3. The summed E-state index contributed by atoms with van der Waals surface area (Å²) < 4.78 is 13.5. The molecule has 0 bridgehead atoms. The second-order valence-electron chi connectivity index (χ2n) is 6.43. The average Bonchev–Trinajstić information content (AvgIpc) is 3.34. The van der Waals surface area contributed by atoms with Crippen LogP contribution in [0.3, 0.4) is 0 Å². The first kappa shape index (κ1) is 15.0. The Morgan fingerprint density at radius 1 is 1.28 bits per heavy atom. The third kappa shape index (κ3) is 2.07. The molecule has 0 saturated carbocycles. The van der Waals surface area contributed by atoms with Crippen molar-refractivity contribution in [1.82, 2.24) is 24.7 Å². The van der Waals surface area contributed by atoms with Crippen molar-refractivity contribution in [3.05, 3.63) is 41.7 Å². The van der Waals surface area contributed by atoms with Gasteiger partial charge < -0.3 is 24.3 Å². The molecular weight excluding hydrogens is 326 g/mol. The zero-order valence-corrected chi connectivity index (χ0v) is 13.4. The molecule has 1 fully saturated rings. The fourth-order valence-electron chi connectivity index (χ4n) is 3.69. The van der Waals surface area contributed by atoms with Crippen molar-refractivity contribution >= 4 is 11.0 Å². The maximum atomic E-state index is 10.6. The van der Waals surface area contributed by atoms with Crippen LogP contribution in [0.15, 0.2) is 24.8 Å². The molecule has 0 radical (unpaired) electrons.